The number of hydrogen-bond donors (Lipinski definition) is 1. The van der Waals surface area contributed by atoms with Gasteiger partial charge in [0.15, 0.2) is 5.75 Å². The molecule has 3 nitrogen and oxygen atoms in total. The van der Waals surface area contributed by atoms with Crippen LogP contribution in [0.2, 0.25) is 5.02 Å². The topological polar surface area (TPSA) is 38.5 Å². The average Bonchev–Trinajstić information content (AvgIpc) is 2.24. The summed E-state index contributed by atoms with van der Waals surface area (Å²) < 4.78 is 5.80. The summed E-state index contributed by atoms with van der Waals surface area (Å²) in [6.45, 7) is 2.59. The quantitative estimate of drug-likeness (QED) is 0.795. The SMILES string of the molecule is CC1C(CN)Oc2c(Cl)cccc2N1C. The highest BCUT2D eigenvalue weighted by Gasteiger charge is 2.30. The maximum absolute atomic E-state index is 6.08. The Morgan fingerprint density at radius 3 is 2.93 bits per heavy atom. The van der Waals surface area contributed by atoms with Crippen LogP contribution in [0.5, 0.6) is 5.75 Å². The minimum absolute atomic E-state index is 0.00222. The number of fused-ring (bicyclic) bond motifs is 1. The van der Waals surface area contributed by atoms with Gasteiger partial charge in [-0.15, -0.1) is 0 Å². The molecule has 1 aromatic carbocycles. The van der Waals surface area contributed by atoms with Crippen LogP contribution in [-0.2, 0) is 0 Å². The standard InChI is InChI=1S/C11H15ClN2O/c1-7-10(6-13)15-11-8(12)4-3-5-9(11)14(7)2/h3-5,7,10H,6,13H2,1-2H3. The van der Waals surface area contributed by atoms with Gasteiger partial charge in [0.25, 0.3) is 0 Å². The fourth-order valence-corrected chi connectivity index (χ4v) is 2.07. The van der Waals surface area contributed by atoms with E-state index in [4.69, 9.17) is 22.1 Å². The second-order valence-corrected chi connectivity index (χ2v) is 4.24. The highest BCUT2D eigenvalue weighted by Crippen LogP contribution is 2.40. The van der Waals surface area contributed by atoms with Crippen molar-refractivity contribution in [3.63, 3.8) is 0 Å². The van der Waals surface area contributed by atoms with Gasteiger partial charge in [-0.3, -0.25) is 0 Å². The molecule has 0 fully saturated rings. The summed E-state index contributed by atoms with van der Waals surface area (Å²) in [5.74, 6) is 0.746. The zero-order valence-corrected chi connectivity index (χ0v) is 9.66. The Bertz CT molecular complexity index is 370. The zero-order valence-electron chi connectivity index (χ0n) is 8.90. The Morgan fingerprint density at radius 2 is 2.27 bits per heavy atom. The number of hydrogen-bond acceptors (Lipinski definition) is 3. The lowest BCUT2D eigenvalue weighted by molar-refractivity contribution is 0.168. The summed E-state index contributed by atoms with van der Waals surface area (Å²) in [7, 11) is 2.03. The van der Waals surface area contributed by atoms with Crippen molar-refractivity contribution < 1.29 is 4.74 Å². The fraction of sp³-hybridized carbons (Fsp3) is 0.455. The normalized spacial score (nSPS) is 24.7. The second kappa shape index (κ2) is 3.91. The van der Waals surface area contributed by atoms with Crippen LogP contribution in [0.1, 0.15) is 6.92 Å². The zero-order chi connectivity index (χ0) is 11.0. The molecule has 0 aromatic heterocycles. The van der Waals surface area contributed by atoms with Crippen molar-refractivity contribution in [2.45, 2.75) is 19.1 Å². The number of likely N-dealkylation sites (N-methyl/N-ethyl adjacent to an activating group) is 1. The average molecular weight is 227 g/mol. The summed E-state index contributed by atoms with van der Waals surface area (Å²) in [5.41, 5.74) is 6.70. The van der Waals surface area contributed by atoms with Gasteiger partial charge in [-0.2, -0.15) is 0 Å². The third-order valence-electron chi connectivity index (χ3n) is 2.98. The van der Waals surface area contributed by atoms with E-state index in [9.17, 15) is 0 Å². The molecule has 0 bridgehead atoms. The van der Waals surface area contributed by atoms with Crippen LogP contribution in [0.4, 0.5) is 5.69 Å². The molecule has 2 N–H and O–H groups in total. The molecule has 0 radical (unpaired) electrons. The van der Waals surface area contributed by atoms with Crippen molar-refractivity contribution in [2.24, 2.45) is 5.73 Å². The molecule has 2 unspecified atom stereocenters. The highest BCUT2D eigenvalue weighted by molar-refractivity contribution is 6.32. The molecule has 0 saturated heterocycles. The molecule has 1 aromatic rings. The van der Waals surface area contributed by atoms with Gasteiger partial charge in [-0.05, 0) is 19.1 Å². The van der Waals surface area contributed by atoms with E-state index in [0.29, 0.717) is 11.6 Å². The van der Waals surface area contributed by atoms with Gasteiger partial charge in [0.2, 0.25) is 0 Å². The number of nitrogens with zero attached hydrogens (tertiary/aromatic N) is 1. The van der Waals surface area contributed by atoms with Gasteiger partial charge in [-0.1, -0.05) is 17.7 Å². The van der Waals surface area contributed by atoms with Crippen LogP contribution in [0, 0.1) is 0 Å². The molecule has 2 rings (SSSR count). The van der Waals surface area contributed by atoms with Crippen molar-refractivity contribution in [1.29, 1.82) is 0 Å². The number of nitrogens with two attached hydrogens (primary N) is 1. The van der Waals surface area contributed by atoms with Gasteiger partial charge >= 0.3 is 0 Å². The molecule has 1 heterocycles. The second-order valence-electron chi connectivity index (χ2n) is 3.83. The van der Waals surface area contributed by atoms with Crippen LogP contribution in [0.3, 0.4) is 0 Å². The molecule has 4 heteroatoms. The van der Waals surface area contributed by atoms with Gasteiger partial charge in [0.05, 0.1) is 16.8 Å². The summed E-state index contributed by atoms with van der Waals surface area (Å²) in [4.78, 5) is 2.15. The first-order valence-electron chi connectivity index (χ1n) is 5.03. The van der Waals surface area contributed by atoms with E-state index >= 15 is 0 Å². The summed E-state index contributed by atoms with van der Waals surface area (Å²) >= 11 is 6.08. The molecular formula is C11H15ClN2O. The number of halogens is 1. The van der Waals surface area contributed by atoms with Gasteiger partial charge in [0, 0.05) is 13.6 Å². The van der Waals surface area contributed by atoms with Gasteiger partial charge in [0.1, 0.15) is 6.10 Å². The van der Waals surface area contributed by atoms with Gasteiger partial charge < -0.3 is 15.4 Å². The smallest absolute Gasteiger partial charge is 0.161 e. The molecule has 0 aliphatic carbocycles. The van der Waals surface area contributed by atoms with E-state index in [1.54, 1.807) is 0 Å². The number of anilines is 1. The Hall–Kier alpha value is -0.930. The Balaban J connectivity index is 2.45. The first-order chi connectivity index (χ1) is 7.15. The Labute approximate surface area is 94.8 Å². The lowest BCUT2D eigenvalue weighted by Crippen LogP contribution is -2.49. The maximum Gasteiger partial charge on any atom is 0.161 e. The van der Waals surface area contributed by atoms with E-state index in [1.165, 1.54) is 0 Å². The summed E-state index contributed by atoms with van der Waals surface area (Å²) in [6.07, 6.45) is 0.00222. The van der Waals surface area contributed by atoms with Crippen LogP contribution >= 0.6 is 11.6 Å². The van der Waals surface area contributed by atoms with Gasteiger partial charge in [-0.25, -0.2) is 0 Å². The first kappa shape index (κ1) is 10.6. The van der Waals surface area contributed by atoms with E-state index in [2.05, 4.69) is 11.8 Å². The lowest BCUT2D eigenvalue weighted by atomic mass is 10.1. The van der Waals surface area contributed by atoms with Crippen molar-refractivity contribution in [3.05, 3.63) is 23.2 Å². The summed E-state index contributed by atoms with van der Waals surface area (Å²) in [6, 6.07) is 6.03. The molecule has 82 valence electrons. The maximum atomic E-state index is 6.08. The number of rotatable bonds is 1. The fourth-order valence-electron chi connectivity index (χ4n) is 1.86. The van der Waals surface area contributed by atoms with E-state index in [1.807, 2.05) is 25.2 Å². The molecule has 1 aliphatic rings. The third kappa shape index (κ3) is 1.66. The van der Waals surface area contributed by atoms with E-state index in [0.717, 1.165) is 11.4 Å². The van der Waals surface area contributed by atoms with E-state index in [-0.39, 0.29) is 12.1 Å². The van der Waals surface area contributed by atoms with Crippen LogP contribution in [-0.4, -0.2) is 25.7 Å². The molecule has 2 atom stereocenters. The van der Waals surface area contributed by atoms with Crippen LogP contribution in [0.25, 0.3) is 0 Å². The minimum atomic E-state index is 0.00222. The monoisotopic (exact) mass is 226 g/mol. The molecule has 0 spiro atoms. The molecule has 15 heavy (non-hydrogen) atoms. The number of benzene rings is 1. The molecular weight excluding hydrogens is 212 g/mol. The number of ether oxygens (including phenoxy) is 1. The molecule has 0 amide bonds. The van der Waals surface area contributed by atoms with Crippen LogP contribution < -0.4 is 15.4 Å². The van der Waals surface area contributed by atoms with Crippen molar-refractivity contribution >= 4 is 17.3 Å². The first-order valence-corrected chi connectivity index (χ1v) is 5.41. The number of para-hydroxylation sites is 1. The predicted molar refractivity (Wildman–Crippen MR) is 62.8 cm³/mol. The predicted octanol–water partition coefficient (Wildman–Crippen LogP) is 1.88. The largest absolute Gasteiger partial charge is 0.483 e. The van der Waals surface area contributed by atoms with Crippen molar-refractivity contribution in [1.82, 2.24) is 0 Å². The van der Waals surface area contributed by atoms with E-state index < -0.39 is 0 Å². The van der Waals surface area contributed by atoms with Crippen molar-refractivity contribution in [3.8, 4) is 5.75 Å². The third-order valence-corrected chi connectivity index (χ3v) is 3.27. The molecule has 1 aliphatic heterocycles. The Morgan fingerprint density at radius 1 is 1.53 bits per heavy atom. The summed E-state index contributed by atoms with van der Waals surface area (Å²) in [5, 5.41) is 0.643. The van der Waals surface area contributed by atoms with Crippen LogP contribution in [0.15, 0.2) is 18.2 Å². The highest BCUT2D eigenvalue weighted by atomic mass is 35.5. The minimum Gasteiger partial charge on any atom is -0.483 e. The van der Waals surface area contributed by atoms with Crippen molar-refractivity contribution in [2.75, 3.05) is 18.5 Å². The Kier molecular flexibility index (Phi) is 2.76. The molecule has 0 saturated carbocycles. The lowest BCUT2D eigenvalue weighted by Gasteiger charge is -2.39.